The Morgan fingerprint density at radius 3 is 2.34 bits per heavy atom. The van der Waals surface area contributed by atoms with Crippen LogP contribution in [-0.2, 0) is 15.1 Å². The molecule has 0 aromatic heterocycles. The number of rotatable bonds is 2. The summed E-state index contributed by atoms with van der Waals surface area (Å²) in [7, 11) is 0. The van der Waals surface area contributed by atoms with E-state index in [1.54, 1.807) is 38.7 Å². The topological polar surface area (TPSA) is 70.1 Å². The van der Waals surface area contributed by atoms with Crippen LogP contribution in [0.3, 0.4) is 0 Å². The first-order valence-corrected chi connectivity index (χ1v) is 11.6. The highest BCUT2D eigenvalue weighted by Crippen LogP contribution is 2.44. The van der Waals surface area contributed by atoms with Crippen molar-refractivity contribution in [2.45, 2.75) is 71.6 Å². The van der Waals surface area contributed by atoms with Crippen molar-refractivity contribution in [3.05, 3.63) is 34.1 Å². The smallest absolute Gasteiger partial charge is 0.410 e. The maximum atomic E-state index is 14.9. The Morgan fingerprint density at radius 1 is 1.22 bits per heavy atom. The van der Waals surface area contributed by atoms with E-state index in [2.05, 4.69) is 0 Å². The number of likely N-dealkylation sites (tertiary alicyclic amines) is 2. The highest BCUT2D eigenvalue weighted by atomic mass is 35.5. The van der Waals surface area contributed by atoms with Crippen LogP contribution in [0.4, 0.5) is 9.18 Å². The lowest BCUT2D eigenvalue weighted by Crippen LogP contribution is -2.59. The summed E-state index contributed by atoms with van der Waals surface area (Å²) in [4.78, 5) is 29.2. The van der Waals surface area contributed by atoms with Crippen molar-refractivity contribution in [2.24, 2.45) is 11.8 Å². The summed E-state index contributed by atoms with van der Waals surface area (Å²) in [6.07, 6.45) is 0.821. The van der Waals surface area contributed by atoms with Crippen molar-refractivity contribution in [2.75, 3.05) is 19.6 Å². The van der Waals surface area contributed by atoms with E-state index in [4.69, 9.17) is 16.3 Å². The standard InChI is InChI=1S/C24H34ClFN2O4/c1-14-10-17(25)11-18(26)20(14)24(31)15(2)12-27(13-16(24)3)21(29)19-8-7-9-28(19)22(30)32-23(4,5)6/h10-11,15-16,19,31H,7-9,12-13H2,1-6H3/t15-,16+,19-,24?/m0/s1. The van der Waals surface area contributed by atoms with Crippen LogP contribution >= 0.6 is 11.6 Å². The molecule has 1 unspecified atom stereocenters. The molecule has 32 heavy (non-hydrogen) atoms. The lowest BCUT2D eigenvalue weighted by atomic mass is 9.69. The number of nitrogens with zero attached hydrogens (tertiary/aromatic N) is 2. The van der Waals surface area contributed by atoms with Crippen LogP contribution in [0.15, 0.2) is 12.1 Å². The lowest BCUT2D eigenvalue weighted by Gasteiger charge is -2.49. The van der Waals surface area contributed by atoms with E-state index >= 15 is 0 Å². The molecule has 2 aliphatic rings. The summed E-state index contributed by atoms with van der Waals surface area (Å²) in [6.45, 7) is 11.8. The molecular weight excluding hydrogens is 435 g/mol. The van der Waals surface area contributed by atoms with Crippen LogP contribution < -0.4 is 0 Å². The van der Waals surface area contributed by atoms with E-state index in [-0.39, 0.29) is 29.6 Å². The molecule has 1 aromatic rings. The van der Waals surface area contributed by atoms with Crippen LogP contribution in [0, 0.1) is 24.6 Å². The van der Waals surface area contributed by atoms with Gasteiger partial charge in [0.1, 0.15) is 23.1 Å². The van der Waals surface area contributed by atoms with Crippen molar-refractivity contribution in [3.8, 4) is 0 Å². The molecule has 8 heteroatoms. The van der Waals surface area contributed by atoms with E-state index in [0.29, 0.717) is 18.5 Å². The Bertz CT molecular complexity index is 865. The van der Waals surface area contributed by atoms with Gasteiger partial charge < -0.3 is 14.7 Å². The summed E-state index contributed by atoms with van der Waals surface area (Å²) < 4.78 is 20.4. The van der Waals surface area contributed by atoms with Gasteiger partial charge in [-0.05, 0) is 58.2 Å². The van der Waals surface area contributed by atoms with Gasteiger partial charge in [-0.25, -0.2) is 9.18 Å². The molecule has 0 aliphatic carbocycles. The second-order valence-electron chi connectivity index (χ2n) is 10.3. The van der Waals surface area contributed by atoms with E-state index in [0.717, 1.165) is 6.42 Å². The van der Waals surface area contributed by atoms with Gasteiger partial charge in [-0.2, -0.15) is 0 Å². The summed E-state index contributed by atoms with van der Waals surface area (Å²) in [5.74, 6) is -1.52. The van der Waals surface area contributed by atoms with Crippen LogP contribution in [0.25, 0.3) is 0 Å². The zero-order valence-corrected chi connectivity index (χ0v) is 20.5. The summed E-state index contributed by atoms with van der Waals surface area (Å²) in [6, 6.07) is 2.28. The highest BCUT2D eigenvalue weighted by Gasteiger charge is 2.50. The summed E-state index contributed by atoms with van der Waals surface area (Å²) >= 11 is 5.98. The number of amides is 2. The van der Waals surface area contributed by atoms with Crippen LogP contribution in [0.5, 0.6) is 0 Å². The first-order chi connectivity index (χ1) is 14.8. The predicted molar refractivity (Wildman–Crippen MR) is 121 cm³/mol. The maximum Gasteiger partial charge on any atom is 0.410 e. The van der Waals surface area contributed by atoms with E-state index in [1.165, 1.54) is 11.0 Å². The van der Waals surface area contributed by atoms with Crippen molar-refractivity contribution in [1.82, 2.24) is 9.80 Å². The number of carbonyl (C=O) groups excluding carboxylic acids is 2. The number of benzene rings is 1. The second kappa shape index (κ2) is 8.82. The Kier molecular flexibility index (Phi) is 6.83. The summed E-state index contributed by atoms with van der Waals surface area (Å²) in [5.41, 5.74) is -1.25. The minimum absolute atomic E-state index is 0.151. The Hall–Kier alpha value is -1.86. The van der Waals surface area contributed by atoms with Crippen molar-refractivity contribution < 1.29 is 23.8 Å². The molecule has 0 bridgehead atoms. The molecule has 2 amide bonds. The molecule has 0 spiro atoms. The number of halogens is 2. The van der Waals surface area contributed by atoms with Gasteiger partial charge in [0.15, 0.2) is 0 Å². The predicted octanol–water partition coefficient (Wildman–Crippen LogP) is 4.49. The number of carbonyl (C=O) groups is 2. The molecule has 2 heterocycles. The number of piperidine rings is 1. The van der Waals surface area contributed by atoms with Gasteiger partial charge in [0, 0.05) is 42.1 Å². The van der Waals surface area contributed by atoms with E-state index in [1.807, 2.05) is 13.8 Å². The third-order valence-electron chi connectivity index (χ3n) is 6.62. The monoisotopic (exact) mass is 468 g/mol. The Balaban J connectivity index is 1.81. The SMILES string of the molecule is Cc1cc(Cl)cc(F)c1C1(O)[C@H](C)CN(C(=O)[C@@H]2CCCN2C(=O)OC(C)(C)C)C[C@@H]1C. The zero-order chi connectivity index (χ0) is 24.0. The molecule has 2 saturated heterocycles. The number of aryl methyl sites for hydroxylation is 1. The van der Waals surface area contributed by atoms with Gasteiger partial charge >= 0.3 is 6.09 Å². The van der Waals surface area contributed by atoms with Crippen LogP contribution in [0.2, 0.25) is 5.02 Å². The first-order valence-electron chi connectivity index (χ1n) is 11.2. The van der Waals surface area contributed by atoms with Gasteiger partial charge in [0.2, 0.25) is 5.91 Å². The molecule has 1 N–H and O–H groups in total. The Morgan fingerprint density at radius 2 is 1.81 bits per heavy atom. The third-order valence-corrected chi connectivity index (χ3v) is 6.84. The molecule has 3 rings (SSSR count). The molecule has 6 nitrogen and oxygen atoms in total. The van der Waals surface area contributed by atoms with Crippen molar-refractivity contribution in [3.63, 3.8) is 0 Å². The van der Waals surface area contributed by atoms with Crippen LogP contribution in [-0.4, -0.2) is 58.2 Å². The van der Waals surface area contributed by atoms with Gasteiger partial charge in [-0.3, -0.25) is 9.69 Å². The summed E-state index contributed by atoms with van der Waals surface area (Å²) in [5, 5.41) is 11.9. The fourth-order valence-electron chi connectivity index (χ4n) is 5.16. The average Bonchev–Trinajstić information content (AvgIpc) is 3.13. The molecule has 0 saturated carbocycles. The highest BCUT2D eigenvalue weighted by molar-refractivity contribution is 6.30. The van der Waals surface area contributed by atoms with Gasteiger partial charge in [-0.1, -0.05) is 25.4 Å². The number of hydrogen-bond donors (Lipinski definition) is 1. The second-order valence-corrected chi connectivity index (χ2v) is 10.7. The van der Waals surface area contributed by atoms with Crippen LogP contribution in [0.1, 0.15) is 58.6 Å². The number of ether oxygens (including phenoxy) is 1. The molecular formula is C24H34ClFN2O4. The molecule has 1 aromatic carbocycles. The number of aliphatic hydroxyl groups is 1. The minimum atomic E-state index is -1.43. The largest absolute Gasteiger partial charge is 0.444 e. The Labute approximate surface area is 194 Å². The van der Waals surface area contributed by atoms with Crippen molar-refractivity contribution in [1.29, 1.82) is 0 Å². The minimum Gasteiger partial charge on any atom is -0.444 e. The fraction of sp³-hybridized carbons (Fsp3) is 0.667. The van der Waals surface area contributed by atoms with E-state index in [9.17, 15) is 19.1 Å². The zero-order valence-electron chi connectivity index (χ0n) is 19.7. The normalized spacial score (nSPS) is 28.7. The average molecular weight is 469 g/mol. The first kappa shape index (κ1) is 24.8. The lowest BCUT2D eigenvalue weighted by molar-refractivity contribution is -0.153. The molecule has 0 radical (unpaired) electrons. The van der Waals surface area contributed by atoms with Gasteiger partial charge in [-0.15, -0.1) is 0 Å². The maximum absolute atomic E-state index is 14.9. The van der Waals surface area contributed by atoms with Gasteiger partial charge in [0.05, 0.1) is 0 Å². The molecule has 178 valence electrons. The molecule has 4 atom stereocenters. The molecule has 2 aliphatic heterocycles. The quantitative estimate of drug-likeness (QED) is 0.694. The van der Waals surface area contributed by atoms with Crippen molar-refractivity contribution >= 4 is 23.6 Å². The third kappa shape index (κ3) is 4.60. The van der Waals surface area contributed by atoms with Gasteiger partial charge in [0.25, 0.3) is 0 Å². The molecule has 2 fully saturated rings. The fourth-order valence-corrected chi connectivity index (χ4v) is 5.41. The number of hydrogen-bond acceptors (Lipinski definition) is 4. The van der Waals surface area contributed by atoms with E-state index < -0.39 is 41.0 Å².